The molecule has 0 saturated carbocycles. The van der Waals surface area contributed by atoms with Gasteiger partial charge in [0.2, 0.25) is 0 Å². The minimum absolute atomic E-state index is 0.442. The highest BCUT2D eigenvalue weighted by Crippen LogP contribution is 2.38. The number of aromatic nitrogens is 3. The lowest BCUT2D eigenvalue weighted by Gasteiger charge is -2.40. The Morgan fingerprint density at radius 2 is 1.92 bits per heavy atom. The van der Waals surface area contributed by atoms with Gasteiger partial charge in [0.25, 0.3) is 0 Å². The standard InChI is InChI=1S/C16H19N3O6/c20-7-11-13(21)14(22)15(23)16(25-11)19-12-8-3-1-2-4-10(8)24-6-5-9(12)17-18-19/h1-4,11,13-16,20-23H,5-7H2/t11-,13-,14+,15-,16-/m1/s1. The summed E-state index contributed by atoms with van der Waals surface area (Å²) in [5.74, 6) is 0.661. The van der Waals surface area contributed by atoms with Crippen molar-refractivity contribution in [3.63, 3.8) is 0 Å². The van der Waals surface area contributed by atoms with Gasteiger partial charge in [-0.3, -0.25) is 0 Å². The molecule has 1 aromatic heterocycles. The fraction of sp³-hybridized carbons (Fsp3) is 0.500. The Hall–Kier alpha value is -2.04. The van der Waals surface area contributed by atoms with Crippen LogP contribution in [0.25, 0.3) is 11.3 Å². The molecular formula is C16H19N3O6. The maximum atomic E-state index is 10.4. The van der Waals surface area contributed by atoms with Crippen molar-refractivity contribution in [2.24, 2.45) is 0 Å². The van der Waals surface area contributed by atoms with Gasteiger partial charge >= 0.3 is 0 Å². The van der Waals surface area contributed by atoms with Crippen molar-refractivity contribution in [1.82, 2.24) is 15.0 Å². The molecule has 0 spiro atoms. The maximum Gasteiger partial charge on any atom is 0.181 e. The van der Waals surface area contributed by atoms with E-state index in [4.69, 9.17) is 9.47 Å². The maximum absolute atomic E-state index is 10.4. The summed E-state index contributed by atoms with van der Waals surface area (Å²) in [5.41, 5.74) is 2.05. The molecule has 1 saturated heterocycles. The SMILES string of the molecule is OC[C@H]1O[C@@H](n2nnc3c2-c2ccccc2OCC3)[C@H](O)[C@@H](O)[C@@H]1O. The van der Waals surface area contributed by atoms with Crippen LogP contribution in [0.5, 0.6) is 5.75 Å². The van der Waals surface area contributed by atoms with Crippen LogP contribution in [0.1, 0.15) is 11.9 Å². The summed E-state index contributed by atoms with van der Waals surface area (Å²) in [5, 5.41) is 48.0. The summed E-state index contributed by atoms with van der Waals surface area (Å²) in [6.45, 7) is -0.0601. The summed E-state index contributed by atoms with van der Waals surface area (Å²) in [4.78, 5) is 0. The number of rotatable bonds is 2. The van der Waals surface area contributed by atoms with Crippen molar-refractivity contribution in [1.29, 1.82) is 0 Å². The van der Waals surface area contributed by atoms with Gasteiger partial charge in [0, 0.05) is 12.0 Å². The first-order valence-corrected chi connectivity index (χ1v) is 8.08. The first-order chi connectivity index (χ1) is 12.1. The molecule has 9 nitrogen and oxygen atoms in total. The Balaban J connectivity index is 1.80. The minimum Gasteiger partial charge on any atom is -0.492 e. The van der Waals surface area contributed by atoms with Crippen molar-refractivity contribution in [2.75, 3.05) is 13.2 Å². The Morgan fingerprint density at radius 1 is 1.12 bits per heavy atom. The fourth-order valence-electron chi connectivity index (χ4n) is 3.28. The quantitative estimate of drug-likeness (QED) is 0.535. The van der Waals surface area contributed by atoms with E-state index in [0.717, 1.165) is 5.56 Å². The lowest BCUT2D eigenvalue weighted by atomic mass is 9.98. The number of benzene rings is 1. The van der Waals surface area contributed by atoms with Gasteiger partial charge in [0.05, 0.1) is 24.6 Å². The van der Waals surface area contributed by atoms with E-state index >= 15 is 0 Å². The van der Waals surface area contributed by atoms with Crippen LogP contribution < -0.4 is 4.74 Å². The molecule has 2 aliphatic heterocycles. The number of hydrogen-bond donors (Lipinski definition) is 4. The van der Waals surface area contributed by atoms with Crippen LogP contribution in [-0.2, 0) is 11.2 Å². The molecular weight excluding hydrogens is 330 g/mol. The molecule has 0 unspecified atom stereocenters. The Kier molecular flexibility index (Phi) is 4.18. The molecule has 2 aliphatic rings. The third-order valence-electron chi connectivity index (χ3n) is 4.61. The number of ether oxygens (including phenoxy) is 2. The number of nitrogens with zero attached hydrogens (tertiary/aromatic N) is 3. The van der Waals surface area contributed by atoms with E-state index in [1.807, 2.05) is 24.3 Å². The van der Waals surface area contributed by atoms with Crippen LogP contribution in [0, 0.1) is 0 Å². The number of hydrogen-bond acceptors (Lipinski definition) is 8. The summed E-state index contributed by atoms with van der Waals surface area (Å²) in [7, 11) is 0. The Labute approximate surface area is 143 Å². The smallest absolute Gasteiger partial charge is 0.181 e. The third-order valence-corrected chi connectivity index (χ3v) is 4.61. The fourth-order valence-corrected chi connectivity index (χ4v) is 3.28. The minimum atomic E-state index is -1.48. The van der Waals surface area contributed by atoms with E-state index in [2.05, 4.69) is 10.3 Å². The second kappa shape index (κ2) is 6.36. The number of aliphatic hydroxyl groups is 4. The number of aliphatic hydroxyl groups excluding tert-OH is 4. The molecule has 4 rings (SSSR count). The molecule has 5 atom stereocenters. The van der Waals surface area contributed by atoms with Gasteiger partial charge in [0.1, 0.15) is 30.2 Å². The van der Waals surface area contributed by atoms with Gasteiger partial charge in [-0.15, -0.1) is 5.10 Å². The van der Waals surface area contributed by atoms with Gasteiger partial charge in [-0.25, -0.2) is 4.68 Å². The van der Waals surface area contributed by atoms with Crippen molar-refractivity contribution >= 4 is 0 Å². The molecule has 3 heterocycles. The van der Waals surface area contributed by atoms with Gasteiger partial charge in [-0.2, -0.15) is 0 Å². The molecule has 134 valence electrons. The van der Waals surface area contributed by atoms with Crippen LogP contribution in [0.3, 0.4) is 0 Å². The largest absolute Gasteiger partial charge is 0.492 e. The molecule has 2 aromatic rings. The van der Waals surface area contributed by atoms with Gasteiger partial charge in [0.15, 0.2) is 6.23 Å². The first kappa shape index (κ1) is 16.4. The van der Waals surface area contributed by atoms with E-state index in [-0.39, 0.29) is 0 Å². The van der Waals surface area contributed by atoms with Crippen molar-refractivity contribution in [2.45, 2.75) is 37.1 Å². The Bertz CT molecular complexity index is 764. The third kappa shape index (κ3) is 2.60. The molecule has 4 N–H and O–H groups in total. The second-order valence-electron chi connectivity index (χ2n) is 6.14. The second-order valence-corrected chi connectivity index (χ2v) is 6.14. The lowest BCUT2D eigenvalue weighted by molar-refractivity contribution is -0.253. The molecule has 1 fully saturated rings. The average Bonchev–Trinajstić information content (AvgIpc) is 2.95. The normalized spacial score (nSPS) is 31.6. The predicted molar refractivity (Wildman–Crippen MR) is 83.7 cm³/mol. The zero-order valence-corrected chi connectivity index (χ0v) is 13.3. The highest BCUT2D eigenvalue weighted by Gasteiger charge is 2.45. The topological polar surface area (TPSA) is 130 Å². The highest BCUT2D eigenvalue weighted by atomic mass is 16.6. The first-order valence-electron chi connectivity index (χ1n) is 8.08. The molecule has 9 heteroatoms. The van der Waals surface area contributed by atoms with Crippen LogP contribution in [0.4, 0.5) is 0 Å². The predicted octanol–water partition coefficient (Wildman–Crippen LogP) is -1.15. The molecule has 1 aromatic carbocycles. The van der Waals surface area contributed by atoms with Crippen LogP contribution in [0.2, 0.25) is 0 Å². The van der Waals surface area contributed by atoms with E-state index in [1.165, 1.54) is 4.68 Å². The van der Waals surface area contributed by atoms with E-state index in [1.54, 1.807) is 0 Å². The highest BCUT2D eigenvalue weighted by molar-refractivity contribution is 5.70. The van der Waals surface area contributed by atoms with Gasteiger partial charge in [-0.1, -0.05) is 17.3 Å². The Morgan fingerprint density at radius 3 is 2.72 bits per heavy atom. The van der Waals surface area contributed by atoms with Gasteiger partial charge < -0.3 is 29.9 Å². The zero-order chi connectivity index (χ0) is 17.6. The summed E-state index contributed by atoms with van der Waals surface area (Å²) < 4.78 is 12.7. The van der Waals surface area contributed by atoms with Crippen LogP contribution >= 0.6 is 0 Å². The summed E-state index contributed by atoms with van der Waals surface area (Å²) in [6, 6.07) is 7.38. The molecule has 0 amide bonds. The van der Waals surface area contributed by atoms with Gasteiger partial charge in [-0.05, 0) is 12.1 Å². The van der Waals surface area contributed by atoms with E-state index < -0.39 is 37.3 Å². The lowest BCUT2D eigenvalue weighted by Crippen LogP contribution is -2.56. The molecule has 0 aliphatic carbocycles. The average molecular weight is 349 g/mol. The molecule has 0 bridgehead atoms. The van der Waals surface area contributed by atoms with Crippen LogP contribution in [0.15, 0.2) is 24.3 Å². The van der Waals surface area contributed by atoms with Crippen molar-refractivity contribution in [3.05, 3.63) is 30.0 Å². The monoisotopic (exact) mass is 349 g/mol. The number of para-hydroxylation sites is 1. The van der Waals surface area contributed by atoms with E-state index in [9.17, 15) is 20.4 Å². The molecule has 0 radical (unpaired) electrons. The summed E-state index contributed by atoms with van der Waals surface area (Å²) >= 11 is 0. The molecule has 25 heavy (non-hydrogen) atoms. The number of fused-ring (bicyclic) bond motifs is 3. The van der Waals surface area contributed by atoms with E-state index in [0.29, 0.717) is 30.2 Å². The van der Waals surface area contributed by atoms with Crippen molar-refractivity contribution < 1.29 is 29.9 Å². The van der Waals surface area contributed by atoms with Crippen molar-refractivity contribution in [3.8, 4) is 17.0 Å². The summed E-state index contributed by atoms with van der Waals surface area (Å²) in [6.07, 6.45) is -5.91. The van der Waals surface area contributed by atoms with Crippen LogP contribution in [-0.4, -0.2) is 73.0 Å². The zero-order valence-electron chi connectivity index (χ0n) is 13.3.